The van der Waals surface area contributed by atoms with Gasteiger partial charge in [-0.2, -0.15) is 0 Å². The van der Waals surface area contributed by atoms with Gasteiger partial charge in [-0.15, -0.1) is 0 Å². The molecule has 202 valence electrons. The Labute approximate surface area is 260 Å². The van der Waals surface area contributed by atoms with Crippen molar-refractivity contribution in [1.82, 2.24) is 0 Å². The molecule has 0 amide bonds. The van der Waals surface area contributed by atoms with Gasteiger partial charge in [-0.05, 0) is 96.1 Å². The molecule has 0 aliphatic rings. The van der Waals surface area contributed by atoms with E-state index in [0.717, 1.165) is 55.6 Å². The fraction of sp³-hybridized carbons (Fsp3) is 0. The van der Waals surface area contributed by atoms with Crippen LogP contribution in [0.25, 0.3) is 11.1 Å². The van der Waals surface area contributed by atoms with Crippen molar-refractivity contribution in [3.63, 3.8) is 0 Å². The summed E-state index contributed by atoms with van der Waals surface area (Å²) in [5.41, 5.74) is 9.43. The van der Waals surface area contributed by atoms with E-state index in [4.69, 9.17) is 0 Å². The lowest BCUT2D eigenvalue weighted by Gasteiger charge is -2.07. The highest BCUT2D eigenvalue weighted by Gasteiger charge is 2.06. The molecule has 0 fully saturated rings. The first-order valence-electron chi connectivity index (χ1n) is 14.4. The molecule has 0 radical (unpaired) electrons. The van der Waals surface area contributed by atoms with Crippen molar-refractivity contribution in [3.8, 4) is 58.5 Å². The molecule has 44 heavy (non-hydrogen) atoms. The minimum Gasteiger partial charge on any atom is -0.0622 e. The zero-order valence-corrected chi connectivity index (χ0v) is 24.0. The molecule has 6 rings (SSSR count). The van der Waals surface area contributed by atoms with Crippen molar-refractivity contribution in [2.24, 2.45) is 0 Å². The predicted molar refractivity (Wildman–Crippen MR) is 182 cm³/mol. The molecule has 0 aliphatic carbocycles. The predicted octanol–water partition coefficient (Wildman–Crippen LogP) is 8.95. The SMILES string of the molecule is C(#Cc1cc(C#Cc2ccccc2)cc(-c2cc(C#Cc3ccccc3)cc(C#Cc3ccccc3)c2)c1)c1ccccc1. The molecule has 0 bridgehead atoms. The van der Waals surface area contributed by atoms with Crippen molar-refractivity contribution in [1.29, 1.82) is 0 Å². The summed E-state index contributed by atoms with van der Waals surface area (Å²) in [6, 6.07) is 52.6. The first kappa shape index (κ1) is 27.7. The lowest BCUT2D eigenvalue weighted by molar-refractivity contribution is 1.53. The minimum atomic E-state index is 0.890. The molecule has 0 N–H and O–H groups in total. The molecule has 6 aromatic rings. The van der Waals surface area contributed by atoms with Gasteiger partial charge in [0, 0.05) is 44.5 Å². The maximum Gasteiger partial charge on any atom is 0.0267 e. The molecule has 0 heterocycles. The van der Waals surface area contributed by atoms with Gasteiger partial charge in [-0.3, -0.25) is 0 Å². The van der Waals surface area contributed by atoms with Gasteiger partial charge in [0.25, 0.3) is 0 Å². The summed E-state index contributed by atoms with van der Waals surface area (Å²) < 4.78 is 0. The van der Waals surface area contributed by atoms with Crippen LogP contribution >= 0.6 is 0 Å². The Morgan fingerprint density at radius 3 is 0.636 bits per heavy atom. The molecule has 0 saturated carbocycles. The highest BCUT2D eigenvalue weighted by atomic mass is 14.1. The summed E-state index contributed by atoms with van der Waals surface area (Å²) in [7, 11) is 0. The van der Waals surface area contributed by atoms with Gasteiger partial charge in [-0.25, -0.2) is 0 Å². The fourth-order valence-corrected chi connectivity index (χ4v) is 4.54. The fourth-order valence-electron chi connectivity index (χ4n) is 4.54. The maximum atomic E-state index is 3.36. The van der Waals surface area contributed by atoms with E-state index in [1.807, 2.05) is 133 Å². The van der Waals surface area contributed by atoms with Crippen LogP contribution in [0.5, 0.6) is 0 Å². The van der Waals surface area contributed by atoms with Crippen LogP contribution < -0.4 is 0 Å². The Morgan fingerprint density at radius 1 is 0.205 bits per heavy atom. The smallest absolute Gasteiger partial charge is 0.0267 e. The number of rotatable bonds is 1. The molecule has 0 atom stereocenters. The van der Waals surface area contributed by atoms with Crippen LogP contribution in [0.15, 0.2) is 158 Å². The van der Waals surface area contributed by atoms with Crippen LogP contribution in [-0.2, 0) is 0 Å². The van der Waals surface area contributed by atoms with Gasteiger partial charge in [0.05, 0.1) is 0 Å². The lowest BCUT2D eigenvalue weighted by Crippen LogP contribution is -1.89. The summed E-state index contributed by atoms with van der Waals surface area (Å²) in [5.74, 6) is 26.6. The Bertz CT molecular complexity index is 1830. The van der Waals surface area contributed by atoms with Gasteiger partial charge in [0.15, 0.2) is 0 Å². The van der Waals surface area contributed by atoms with E-state index in [9.17, 15) is 0 Å². The maximum absolute atomic E-state index is 3.36. The van der Waals surface area contributed by atoms with Gasteiger partial charge in [0.1, 0.15) is 0 Å². The topological polar surface area (TPSA) is 0 Å². The molecule has 0 aromatic heterocycles. The van der Waals surface area contributed by atoms with Crippen molar-refractivity contribution in [3.05, 3.63) is 202 Å². The largest absolute Gasteiger partial charge is 0.0622 e. The van der Waals surface area contributed by atoms with E-state index in [1.165, 1.54) is 0 Å². The molecule has 0 heteroatoms. The third kappa shape index (κ3) is 7.85. The molecule has 0 saturated heterocycles. The van der Waals surface area contributed by atoms with E-state index >= 15 is 0 Å². The third-order valence-corrected chi connectivity index (χ3v) is 6.70. The quantitative estimate of drug-likeness (QED) is 0.178. The van der Waals surface area contributed by atoms with Crippen LogP contribution in [0.1, 0.15) is 44.5 Å². The van der Waals surface area contributed by atoms with E-state index in [0.29, 0.717) is 0 Å². The summed E-state index contributed by atoms with van der Waals surface area (Å²) in [6.45, 7) is 0. The van der Waals surface area contributed by atoms with Crippen molar-refractivity contribution >= 4 is 0 Å². The number of hydrogen-bond donors (Lipinski definition) is 0. The van der Waals surface area contributed by atoms with E-state index in [2.05, 4.69) is 71.6 Å². The highest BCUT2D eigenvalue weighted by Crippen LogP contribution is 2.25. The third-order valence-electron chi connectivity index (χ3n) is 6.70. The van der Waals surface area contributed by atoms with Crippen LogP contribution in [-0.4, -0.2) is 0 Å². The van der Waals surface area contributed by atoms with E-state index in [1.54, 1.807) is 0 Å². The van der Waals surface area contributed by atoms with Crippen LogP contribution in [0, 0.1) is 47.4 Å². The average Bonchev–Trinajstić information content (AvgIpc) is 3.10. The molecule has 0 spiro atoms. The number of hydrogen-bond acceptors (Lipinski definition) is 0. The normalized spacial score (nSPS) is 9.55. The summed E-state index contributed by atoms with van der Waals surface area (Å²) in [5, 5.41) is 0. The van der Waals surface area contributed by atoms with Crippen LogP contribution in [0.3, 0.4) is 0 Å². The van der Waals surface area contributed by atoms with Gasteiger partial charge >= 0.3 is 0 Å². The molecular formula is C44H26. The van der Waals surface area contributed by atoms with Crippen molar-refractivity contribution in [2.45, 2.75) is 0 Å². The molecule has 0 aliphatic heterocycles. The Kier molecular flexibility index (Phi) is 8.79. The second-order valence-electron chi connectivity index (χ2n) is 10.1. The van der Waals surface area contributed by atoms with Gasteiger partial charge in [0.2, 0.25) is 0 Å². The van der Waals surface area contributed by atoms with Gasteiger partial charge < -0.3 is 0 Å². The number of benzene rings is 6. The van der Waals surface area contributed by atoms with Crippen molar-refractivity contribution < 1.29 is 0 Å². The highest BCUT2D eigenvalue weighted by molar-refractivity contribution is 5.72. The first-order valence-corrected chi connectivity index (χ1v) is 14.4. The Hall–Kier alpha value is -6.44. The van der Waals surface area contributed by atoms with E-state index in [-0.39, 0.29) is 0 Å². The first-order chi connectivity index (χ1) is 21.8. The molecule has 0 unspecified atom stereocenters. The molecular weight excluding hydrogens is 528 g/mol. The van der Waals surface area contributed by atoms with Crippen molar-refractivity contribution in [2.75, 3.05) is 0 Å². The minimum absolute atomic E-state index is 0.890. The summed E-state index contributed by atoms with van der Waals surface area (Å²) in [4.78, 5) is 0. The Balaban J connectivity index is 1.47. The summed E-state index contributed by atoms with van der Waals surface area (Å²) >= 11 is 0. The van der Waals surface area contributed by atoms with E-state index < -0.39 is 0 Å². The monoisotopic (exact) mass is 554 g/mol. The average molecular weight is 555 g/mol. The zero-order chi connectivity index (χ0) is 29.8. The van der Waals surface area contributed by atoms with Gasteiger partial charge in [-0.1, -0.05) is 120 Å². The van der Waals surface area contributed by atoms with Crippen LogP contribution in [0.4, 0.5) is 0 Å². The van der Waals surface area contributed by atoms with Crippen LogP contribution in [0.2, 0.25) is 0 Å². The zero-order valence-electron chi connectivity index (χ0n) is 24.0. The second kappa shape index (κ2) is 14.0. The second-order valence-corrected chi connectivity index (χ2v) is 10.1. The summed E-state index contributed by atoms with van der Waals surface area (Å²) in [6.07, 6.45) is 0. The lowest BCUT2D eigenvalue weighted by atomic mass is 9.96. The molecule has 0 nitrogen and oxygen atoms in total. The standard InChI is InChI=1S/C44H26/c1-5-13-35(14-6-1)21-25-39-29-40(26-22-36-15-7-2-8-16-36)32-43(31-39)44-33-41(27-23-37-17-9-3-10-18-37)30-42(34-44)28-24-38-19-11-4-12-20-38/h1-20,29-34H. The molecule has 6 aromatic carbocycles. The Morgan fingerprint density at radius 2 is 0.409 bits per heavy atom.